The van der Waals surface area contributed by atoms with Gasteiger partial charge in [-0.05, 0) is 5.41 Å². The normalized spacial score (nSPS) is 17.3. The third-order valence-electron chi connectivity index (χ3n) is 0.374. The molecular weight excluding hydrogens is 96.1 g/mol. The maximum absolute atomic E-state index is 3.55. The lowest BCUT2D eigenvalue weighted by molar-refractivity contribution is 0.980. The summed E-state index contributed by atoms with van der Waals surface area (Å²) in [5, 5.41) is 5.42. The Balaban J connectivity index is 2.40. The molecule has 0 aromatic carbocycles. The Morgan fingerprint density at radius 2 is 2.83 bits per heavy atom. The van der Waals surface area contributed by atoms with Crippen molar-refractivity contribution < 1.29 is 0 Å². The Labute approximate surface area is 40.3 Å². The molecule has 1 radical (unpaired) electrons. The van der Waals surface area contributed by atoms with Gasteiger partial charge in [-0.1, -0.05) is 11.8 Å². The van der Waals surface area contributed by atoms with E-state index in [1.807, 2.05) is 5.41 Å². The van der Waals surface area contributed by atoms with Gasteiger partial charge >= 0.3 is 0 Å². The van der Waals surface area contributed by atoms with E-state index in [2.05, 4.69) is 16.1 Å². The summed E-state index contributed by atoms with van der Waals surface area (Å²) >= 11 is 1.44. The van der Waals surface area contributed by atoms with Crippen molar-refractivity contribution in [3.05, 3.63) is 11.6 Å². The average molecular weight is 99.1 g/mol. The highest BCUT2D eigenvalue weighted by Crippen LogP contribution is 1.97. The SMILES string of the molecule is [C]1=NNC=CS1. The number of rotatable bonds is 0. The Morgan fingerprint density at radius 1 is 1.83 bits per heavy atom. The number of hydrazone groups is 1. The van der Waals surface area contributed by atoms with Gasteiger partial charge in [0.2, 0.25) is 0 Å². The number of nitrogens with zero attached hydrogens (tertiary/aromatic N) is 1. The molecule has 0 aliphatic carbocycles. The molecule has 0 atom stereocenters. The molecule has 31 valence electrons. The van der Waals surface area contributed by atoms with Crippen LogP contribution in [0.5, 0.6) is 0 Å². The molecule has 0 aromatic heterocycles. The molecule has 1 aliphatic heterocycles. The number of nitrogens with one attached hydrogen (secondary N) is 1. The minimum Gasteiger partial charge on any atom is -0.284 e. The van der Waals surface area contributed by atoms with Gasteiger partial charge in [0.1, 0.15) is 0 Å². The minimum atomic E-state index is 1.44. The highest BCUT2D eigenvalue weighted by molar-refractivity contribution is 8.14. The van der Waals surface area contributed by atoms with Crippen molar-refractivity contribution in [1.82, 2.24) is 5.43 Å². The lowest BCUT2D eigenvalue weighted by Crippen LogP contribution is -1.93. The zero-order chi connectivity index (χ0) is 4.24. The fourth-order valence-electron chi connectivity index (χ4n) is 0.185. The van der Waals surface area contributed by atoms with E-state index in [4.69, 9.17) is 0 Å². The highest BCUT2D eigenvalue weighted by Gasteiger charge is 1.76. The van der Waals surface area contributed by atoms with E-state index >= 15 is 0 Å². The monoisotopic (exact) mass is 99.0 g/mol. The van der Waals surface area contributed by atoms with Crippen LogP contribution in [0, 0.1) is 0 Å². The van der Waals surface area contributed by atoms with Crippen molar-refractivity contribution in [3.63, 3.8) is 0 Å². The Bertz CT molecular complexity index is 66.8. The van der Waals surface area contributed by atoms with E-state index in [0.29, 0.717) is 0 Å². The largest absolute Gasteiger partial charge is 0.284 e. The first-order valence-corrected chi connectivity index (χ1v) is 2.39. The molecule has 0 saturated carbocycles. The first kappa shape index (κ1) is 3.74. The zero-order valence-corrected chi connectivity index (χ0v) is 3.83. The third-order valence-corrected chi connectivity index (χ3v) is 0.842. The van der Waals surface area contributed by atoms with E-state index in [-0.39, 0.29) is 0 Å². The summed E-state index contributed by atoms with van der Waals surface area (Å²) in [5.74, 6) is 0. The predicted octanol–water partition coefficient (Wildman–Crippen LogP) is 0.614. The van der Waals surface area contributed by atoms with Gasteiger partial charge in [-0.2, -0.15) is 5.10 Å². The van der Waals surface area contributed by atoms with Gasteiger partial charge < -0.3 is 0 Å². The quantitative estimate of drug-likeness (QED) is 0.481. The lowest BCUT2D eigenvalue weighted by Gasteiger charge is -1.89. The molecule has 1 aliphatic rings. The zero-order valence-electron chi connectivity index (χ0n) is 3.01. The van der Waals surface area contributed by atoms with E-state index < -0.39 is 0 Å². The summed E-state index contributed by atoms with van der Waals surface area (Å²) in [6.45, 7) is 0. The summed E-state index contributed by atoms with van der Waals surface area (Å²) in [6.07, 6.45) is 1.75. The topological polar surface area (TPSA) is 24.4 Å². The van der Waals surface area contributed by atoms with Crippen molar-refractivity contribution in [2.45, 2.75) is 0 Å². The van der Waals surface area contributed by atoms with E-state index in [1.54, 1.807) is 6.20 Å². The van der Waals surface area contributed by atoms with Crippen molar-refractivity contribution >= 4 is 17.3 Å². The molecule has 0 spiro atoms. The van der Waals surface area contributed by atoms with Crippen molar-refractivity contribution in [2.75, 3.05) is 0 Å². The molecule has 6 heavy (non-hydrogen) atoms. The second kappa shape index (κ2) is 1.87. The number of hydrogen-bond donors (Lipinski definition) is 1. The number of hydrogen-bond acceptors (Lipinski definition) is 3. The van der Waals surface area contributed by atoms with Gasteiger partial charge in [-0.15, -0.1) is 0 Å². The van der Waals surface area contributed by atoms with Crippen LogP contribution in [-0.2, 0) is 0 Å². The van der Waals surface area contributed by atoms with E-state index in [9.17, 15) is 0 Å². The van der Waals surface area contributed by atoms with Crippen molar-refractivity contribution in [1.29, 1.82) is 0 Å². The fourth-order valence-corrected chi connectivity index (χ4v) is 0.480. The molecule has 3 heteroatoms. The van der Waals surface area contributed by atoms with Gasteiger partial charge in [0.05, 0.1) is 0 Å². The summed E-state index contributed by atoms with van der Waals surface area (Å²) in [4.78, 5) is 0. The molecule has 0 amide bonds. The van der Waals surface area contributed by atoms with Crippen LogP contribution in [-0.4, -0.2) is 5.55 Å². The molecule has 0 saturated heterocycles. The average Bonchev–Trinajstić information content (AvgIpc) is 1.72. The number of thioether (sulfide) groups is 1. The van der Waals surface area contributed by atoms with Gasteiger partial charge in [0.15, 0.2) is 5.55 Å². The summed E-state index contributed by atoms with van der Waals surface area (Å²) < 4.78 is 0. The third kappa shape index (κ3) is 0.755. The summed E-state index contributed by atoms with van der Waals surface area (Å²) in [5.41, 5.74) is 5.23. The van der Waals surface area contributed by atoms with E-state index in [0.717, 1.165) is 0 Å². The maximum atomic E-state index is 3.55. The molecular formula is C3H3N2S. The standard InChI is InChI=1S/C3H3N2S/c1-2-6-3-5-4-1/h1-2,4H. The van der Waals surface area contributed by atoms with Crippen LogP contribution in [0.1, 0.15) is 0 Å². The maximum Gasteiger partial charge on any atom is 0.155 e. The predicted molar refractivity (Wildman–Crippen MR) is 27.3 cm³/mol. The lowest BCUT2D eigenvalue weighted by atomic mass is 11.1. The molecule has 1 N–H and O–H groups in total. The minimum absolute atomic E-state index is 1.44. The van der Waals surface area contributed by atoms with Crippen LogP contribution in [0.3, 0.4) is 0 Å². The molecule has 2 nitrogen and oxygen atoms in total. The second-order valence-corrected chi connectivity index (χ2v) is 1.44. The van der Waals surface area contributed by atoms with Crippen LogP contribution in [0.15, 0.2) is 16.7 Å². The molecule has 0 fully saturated rings. The first-order valence-electron chi connectivity index (χ1n) is 1.51. The van der Waals surface area contributed by atoms with E-state index in [1.165, 1.54) is 11.8 Å². The van der Waals surface area contributed by atoms with Crippen molar-refractivity contribution in [2.24, 2.45) is 5.10 Å². The van der Waals surface area contributed by atoms with Gasteiger partial charge in [-0.25, -0.2) is 0 Å². The smallest absolute Gasteiger partial charge is 0.155 e. The Morgan fingerprint density at radius 3 is 3.00 bits per heavy atom. The fraction of sp³-hybridized carbons (Fsp3) is 0. The summed E-state index contributed by atoms with van der Waals surface area (Å²) in [6, 6.07) is 0. The molecule has 1 heterocycles. The molecule has 1 rings (SSSR count). The van der Waals surface area contributed by atoms with Gasteiger partial charge in [0.25, 0.3) is 0 Å². The van der Waals surface area contributed by atoms with Gasteiger partial charge in [-0.3, -0.25) is 5.43 Å². The van der Waals surface area contributed by atoms with Gasteiger partial charge in [0, 0.05) is 6.20 Å². The second-order valence-electron chi connectivity index (χ2n) is 0.753. The molecule has 0 aromatic rings. The van der Waals surface area contributed by atoms with Crippen LogP contribution in [0.2, 0.25) is 0 Å². The van der Waals surface area contributed by atoms with Crippen LogP contribution < -0.4 is 5.43 Å². The van der Waals surface area contributed by atoms with Crippen LogP contribution in [0.4, 0.5) is 0 Å². The highest BCUT2D eigenvalue weighted by atomic mass is 32.2. The Kier molecular flexibility index (Phi) is 1.17. The van der Waals surface area contributed by atoms with Crippen molar-refractivity contribution in [3.8, 4) is 0 Å². The Hall–Kier alpha value is -0.440. The summed E-state index contributed by atoms with van der Waals surface area (Å²) in [7, 11) is 0. The molecule has 0 bridgehead atoms. The van der Waals surface area contributed by atoms with Crippen LogP contribution in [0.25, 0.3) is 0 Å². The first-order chi connectivity index (χ1) is 3.00. The van der Waals surface area contributed by atoms with Crippen LogP contribution >= 0.6 is 11.8 Å². The molecule has 0 unspecified atom stereocenters.